The Bertz CT molecular complexity index is 919. The standard InChI is InChI=1S/C21H21F3N2O5/c1-10(26-18(28)16-11-6-7-12(8-11)17(16)19(26)29)20(30)31-9-15(27)25-14-5-3-2-4-13(14)21(22,23)24/h2-5,10-12,16-17H,6-9H2,1H3,(H,25,27)/t10-,11+,12+,16-,17+/m1/s1. The van der Waals surface area contributed by atoms with E-state index in [-0.39, 0.29) is 35.5 Å². The molecule has 4 rings (SSSR count). The number of rotatable bonds is 5. The van der Waals surface area contributed by atoms with Crippen LogP contribution in [0.2, 0.25) is 0 Å². The Morgan fingerprint density at radius 1 is 1.13 bits per heavy atom. The number of nitrogens with one attached hydrogen (secondary N) is 1. The molecule has 0 spiro atoms. The quantitative estimate of drug-likeness (QED) is 0.564. The van der Waals surface area contributed by atoms with E-state index in [0.717, 1.165) is 36.3 Å². The Balaban J connectivity index is 1.36. The number of benzene rings is 1. The number of likely N-dealkylation sites (tertiary alicyclic amines) is 1. The molecule has 166 valence electrons. The summed E-state index contributed by atoms with van der Waals surface area (Å²) in [4.78, 5) is 50.8. The Morgan fingerprint density at radius 3 is 2.29 bits per heavy atom. The zero-order valence-corrected chi connectivity index (χ0v) is 16.6. The van der Waals surface area contributed by atoms with Crippen molar-refractivity contribution in [2.75, 3.05) is 11.9 Å². The van der Waals surface area contributed by atoms with Gasteiger partial charge in [0.25, 0.3) is 5.91 Å². The van der Waals surface area contributed by atoms with Crippen LogP contribution in [0.5, 0.6) is 0 Å². The van der Waals surface area contributed by atoms with Crippen molar-refractivity contribution in [1.82, 2.24) is 4.90 Å². The molecule has 1 aromatic rings. The lowest BCUT2D eigenvalue weighted by Crippen LogP contribution is -2.45. The summed E-state index contributed by atoms with van der Waals surface area (Å²) in [6.07, 6.45) is -2.00. The number of alkyl halides is 3. The summed E-state index contributed by atoms with van der Waals surface area (Å²) in [6.45, 7) is 0.502. The number of anilines is 1. The van der Waals surface area contributed by atoms with E-state index < -0.39 is 42.0 Å². The molecule has 1 aromatic carbocycles. The van der Waals surface area contributed by atoms with E-state index in [1.807, 2.05) is 0 Å². The second-order valence-electron chi connectivity index (χ2n) is 8.31. The van der Waals surface area contributed by atoms with Crippen LogP contribution in [-0.2, 0) is 30.1 Å². The van der Waals surface area contributed by atoms with Gasteiger partial charge < -0.3 is 10.1 Å². The number of esters is 1. The van der Waals surface area contributed by atoms with Crippen molar-refractivity contribution in [2.45, 2.75) is 38.4 Å². The number of para-hydroxylation sites is 1. The van der Waals surface area contributed by atoms with Gasteiger partial charge in [0.2, 0.25) is 11.8 Å². The first kappa shape index (κ1) is 21.3. The van der Waals surface area contributed by atoms with Gasteiger partial charge in [-0.2, -0.15) is 13.2 Å². The van der Waals surface area contributed by atoms with Crippen LogP contribution < -0.4 is 5.32 Å². The van der Waals surface area contributed by atoms with Crippen LogP contribution in [-0.4, -0.2) is 41.2 Å². The number of ether oxygens (including phenoxy) is 1. The number of carbonyl (C=O) groups excluding carboxylic acids is 4. The van der Waals surface area contributed by atoms with Gasteiger partial charge in [-0.1, -0.05) is 12.1 Å². The van der Waals surface area contributed by atoms with Crippen molar-refractivity contribution in [3.8, 4) is 0 Å². The van der Waals surface area contributed by atoms with Crippen LogP contribution in [0.3, 0.4) is 0 Å². The minimum Gasteiger partial charge on any atom is -0.454 e. The summed E-state index contributed by atoms with van der Waals surface area (Å²) in [5.74, 6) is -3.13. The highest BCUT2D eigenvalue weighted by molar-refractivity contribution is 6.08. The highest BCUT2D eigenvalue weighted by atomic mass is 19.4. The third-order valence-electron chi connectivity index (χ3n) is 6.54. The van der Waals surface area contributed by atoms with Crippen molar-refractivity contribution in [3.05, 3.63) is 29.8 Å². The zero-order valence-electron chi connectivity index (χ0n) is 16.6. The minimum absolute atomic E-state index is 0.166. The zero-order chi connectivity index (χ0) is 22.5. The Hall–Kier alpha value is -2.91. The monoisotopic (exact) mass is 438 g/mol. The van der Waals surface area contributed by atoms with E-state index in [4.69, 9.17) is 4.74 Å². The fraction of sp³-hybridized carbons (Fsp3) is 0.524. The first-order valence-corrected chi connectivity index (χ1v) is 10.1. The van der Waals surface area contributed by atoms with Gasteiger partial charge in [-0.25, -0.2) is 4.79 Å². The third-order valence-corrected chi connectivity index (χ3v) is 6.54. The molecule has 1 aliphatic heterocycles. The molecule has 1 saturated heterocycles. The topological polar surface area (TPSA) is 92.8 Å². The van der Waals surface area contributed by atoms with Crippen molar-refractivity contribution in [1.29, 1.82) is 0 Å². The normalized spacial score (nSPS) is 27.9. The predicted molar refractivity (Wildman–Crippen MR) is 100 cm³/mol. The van der Waals surface area contributed by atoms with Gasteiger partial charge in [0.15, 0.2) is 6.61 Å². The molecule has 0 aromatic heterocycles. The maximum Gasteiger partial charge on any atom is 0.418 e. The average Bonchev–Trinajstić information content (AvgIpc) is 3.39. The lowest BCUT2D eigenvalue weighted by atomic mass is 9.81. The van der Waals surface area contributed by atoms with E-state index in [1.165, 1.54) is 19.1 Å². The van der Waals surface area contributed by atoms with E-state index in [2.05, 4.69) is 5.32 Å². The summed E-state index contributed by atoms with van der Waals surface area (Å²) >= 11 is 0. The van der Waals surface area contributed by atoms with Crippen LogP contribution in [0.1, 0.15) is 31.7 Å². The molecule has 0 radical (unpaired) electrons. The van der Waals surface area contributed by atoms with Gasteiger partial charge >= 0.3 is 12.1 Å². The van der Waals surface area contributed by atoms with E-state index >= 15 is 0 Å². The van der Waals surface area contributed by atoms with E-state index in [1.54, 1.807) is 0 Å². The molecular formula is C21H21F3N2O5. The molecule has 1 heterocycles. The average molecular weight is 438 g/mol. The Morgan fingerprint density at radius 2 is 1.71 bits per heavy atom. The number of halogens is 3. The predicted octanol–water partition coefficient (Wildman–Crippen LogP) is 2.61. The van der Waals surface area contributed by atoms with Crippen LogP contribution >= 0.6 is 0 Å². The summed E-state index contributed by atoms with van der Waals surface area (Å²) in [6, 6.07) is 3.21. The largest absolute Gasteiger partial charge is 0.454 e. The van der Waals surface area contributed by atoms with Crippen LogP contribution in [0.15, 0.2) is 24.3 Å². The molecule has 2 bridgehead atoms. The fourth-order valence-electron chi connectivity index (χ4n) is 5.20. The Kier molecular flexibility index (Phi) is 5.26. The molecule has 7 nitrogen and oxygen atoms in total. The first-order valence-electron chi connectivity index (χ1n) is 10.1. The van der Waals surface area contributed by atoms with Gasteiger partial charge in [0.05, 0.1) is 23.1 Å². The number of nitrogens with zero attached hydrogens (tertiary/aromatic N) is 1. The number of imide groups is 1. The number of amides is 3. The SMILES string of the molecule is C[C@H](C(=O)OCC(=O)Nc1ccccc1C(F)(F)F)N1C(=O)[C@@H]2[C@H]3CC[C@@H](C3)[C@@H]2C1=O. The van der Waals surface area contributed by atoms with Crippen molar-refractivity contribution in [3.63, 3.8) is 0 Å². The number of hydrogen-bond acceptors (Lipinski definition) is 5. The highest BCUT2D eigenvalue weighted by Gasteiger charge is 2.62. The molecule has 10 heteroatoms. The molecule has 3 fully saturated rings. The summed E-state index contributed by atoms with van der Waals surface area (Å²) in [5, 5.41) is 2.07. The second kappa shape index (κ2) is 7.65. The molecule has 2 aliphatic carbocycles. The second-order valence-corrected chi connectivity index (χ2v) is 8.31. The molecule has 31 heavy (non-hydrogen) atoms. The van der Waals surface area contributed by atoms with Crippen LogP contribution in [0.4, 0.5) is 18.9 Å². The van der Waals surface area contributed by atoms with Crippen LogP contribution in [0.25, 0.3) is 0 Å². The lowest BCUT2D eigenvalue weighted by Gasteiger charge is -2.23. The van der Waals surface area contributed by atoms with Gasteiger partial charge in [0.1, 0.15) is 6.04 Å². The van der Waals surface area contributed by atoms with E-state index in [0.29, 0.717) is 0 Å². The molecule has 1 N–H and O–H groups in total. The number of fused-ring (bicyclic) bond motifs is 5. The van der Waals surface area contributed by atoms with Crippen molar-refractivity contribution >= 4 is 29.4 Å². The first-order chi connectivity index (χ1) is 14.6. The molecule has 5 atom stereocenters. The van der Waals surface area contributed by atoms with Crippen LogP contribution in [0, 0.1) is 23.7 Å². The summed E-state index contributed by atoms with van der Waals surface area (Å²) in [5.41, 5.74) is -1.49. The summed E-state index contributed by atoms with van der Waals surface area (Å²) < 4.78 is 43.9. The van der Waals surface area contributed by atoms with Crippen molar-refractivity contribution < 1.29 is 37.1 Å². The lowest BCUT2D eigenvalue weighted by molar-refractivity contribution is -0.159. The van der Waals surface area contributed by atoms with Gasteiger partial charge in [0, 0.05) is 0 Å². The molecular weight excluding hydrogens is 417 g/mol. The number of carbonyl (C=O) groups is 4. The summed E-state index contributed by atoms with van der Waals surface area (Å²) in [7, 11) is 0. The fourth-order valence-corrected chi connectivity index (χ4v) is 5.20. The molecule has 2 saturated carbocycles. The smallest absolute Gasteiger partial charge is 0.418 e. The number of hydrogen-bond donors (Lipinski definition) is 1. The van der Waals surface area contributed by atoms with E-state index in [9.17, 15) is 32.3 Å². The third kappa shape index (κ3) is 3.68. The van der Waals surface area contributed by atoms with Gasteiger partial charge in [-0.15, -0.1) is 0 Å². The maximum atomic E-state index is 13.0. The van der Waals surface area contributed by atoms with Crippen molar-refractivity contribution in [2.24, 2.45) is 23.7 Å². The minimum atomic E-state index is -4.66. The molecule has 0 unspecified atom stereocenters. The molecule has 3 amide bonds. The van der Waals surface area contributed by atoms with Gasteiger partial charge in [-0.05, 0) is 50.2 Å². The Labute approximate surface area is 175 Å². The maximum absolute atomic E-state index is 13.0. The highest BCUT2D eigenvalue weighted by Crippen LogP contribution is 2.56. The molecule has 3 aliphatic rings. The van der Waals surface area contributed by atoms with Gasteiger partial charge in [-0.3, -0.25) is 19.3 Å².